The van der Waals surface area contributed by atoms with Gasteiger partial charge in [0.2, 0.25) is 0 Å². The minimum absolute atomic E-state index is 0.167. The number of carboxylic acids is 1. The van der Waals surface area contributed by atoms with Crippen molar-refractivity contribution in [2.45, 2.75) is 39.7 Å². The summed E-state index contributed by atoms with van der Waals surface area (Å²) in [6.07, 6.45) is 0.687. The van der Waals surface area contributed by atoms with Gasteiger partial charge in [-0.15, -0.1) is 0 Å². The topological polar surface area (TPSA) is 59.3 Å². The van der Waals surface area contributed by atoms with E-state index in [-0.39, 0.29) is 17.9 Å². The van der Waals surface area contributed by atoms with Crippen molar-refractivity contribution in [3.8, 4) is 0 Å². The Bertz CT molecular complexity index is 715. The minimum Gasteiger partial charge on any atom is -0.481 e. The van der Waals surface area contributed by atoms with E-state index in [0.717, 1.165) is 17.6 Å². The van der Waals surface area contributed by atoms with E-state index in [0.29, 0.717) is 10.9 Å². The van der Waals surface area contributed by atoms with Crippen LogP contribution in [0.25, 0.3) is 10.9 Å². The van der Waals surface area contributed by atoms with Crippen molar-refractivity contribution in [2.75, 3.05) is 0 Å². The van der Waals surface area contributed by atoms with Gasteiger partial charge >= 0.3 is 5.97 Å². The Morgan fingerprint density at radius 1 is 1.35 bits per heavy atom. The van der Waals surface area contributed by atoms with Crippen LogP contribution in [0.5, 0.6) is 0 Å². The first-order chi connectivity index (χ1) is 9.47. The molecule has 0 spiro atoms. The normalized spacial score (nSPS) is 12.6. The van der Waals surface area contributed by atoms with E-state index in [1.54, 1.807) is 6.07 Å². The molecule has 1 aromatic carbocycles. The van der Waals surface area contributed by atoms with E-state index in [4.69, 9.17) is 5.11 Å². The maximum Gasteiger partial charge on any atom is 0.308 e. The number of hydrogen-bond acceptors (Lipinski definition) is 2. The summed E-state index contributed by atoms with van der Waals surface area (Å²) < 4.78 is 2.08. The Balaban J connectivity index is 2.88. The van der Waals surface area contributed by atoms with Crippen LogP contribution >= 0.6 is 0 Å². The van der Waals surface area contributed by atoms with Crippen LogP contribution in [0.4, 0.5) is 0 Å². The summed E-state index contributed by atoms with van der Waals surface area (Å²) in [5.74, 6) is -0.976. The highest BCUT2D eigenvalue weighted by atomic mass is 16.4. The largest absolute Gasteiger partial charge is 0.481 e. The zero-order valence-electron chi connectivity index (χ0n) is 12.0. The number of para-hydroxylation sites is 1. The van der Waals surface area contributed by atoms with Crippen LogP contribution in [0, 0.1) is 6.92 Å². The van der Waals surface area contributed by atoms with Gasteiger partial charge in [-0.1, -0.05) is 19.1 Å². The van der Waals surface area contributed by atoms with Gasteiger partial charge in [0.15, 0.2) is 5.43 Å². The van der Waals surface area contributed by atoms with Crippen LogP contribution in [0.15, 0.2) is 29.1 Å². The quantitative estimate of drug-likeness (QED) is 0.931. The number of carbonyl (C=O) groups is 1. The number of rotatable bonds is 4. The van der Waals surface area contributed by atoms with Gasteiger partial charge in [0.25, 0.3) is 0 Å². The molecule has 2 aromatic rings. The average Bonchev–Trinajstić information content (AvgIpc) is 2.43. The zero-order chi connectivity index (χ0) is 14.9. The lowest BCUT2D eigenvalue weighted by Gasteiger charge is -2.22. The van der Waals surface area contributed by atoms with Crippen molar-refractivity contribution in [3.63, 3.8) is 0 Å². The first-order valence-corrected chi connectivity index (χ1v) is 6.81. The van der Waals surface area contributed by atoms with Gasteiger partial charge in [0.1, 0.15) is 0 Å². The highest BCUT2D eigenvalue weighted by Crippen LogP contribution is 2.22. The number of aromatic nitrogens is 1. The fourth-order valence-electron chi connectivity index (χ4n) is 2.64. The Labute approximate surface area is 117 Å². The molecule has 0 aliphatic rings. The van der Waals surface area contributed by atoms with Crippen molar-refractivity contribution in [2.24, 2.45) is 0 Å². The van der Waals surface area contributed by atoms with Crippen molar-refractivity contribution in [3.05, 3.63) is 45.7 Å². The maximum absolute atomic E-state index is 12.5. The van der Waals surface area contributed by atoms with E-state index in [2.05, 4.69) is 18.4 Å². The van der Waals surface area contributed by atoms with Crippen LogP contribution < -0.4 is 5.43 Å². The van der Waals surface area contributed by atoms with Crippen LogP contribution in [0.2, 0.25) is 0 Å². The zero-order valence-corrected chi connectivity index (χ0v) is 12.0. The molecule has 0 bridgehead atoms. The third-order valence-corrected chi connectivity index (χ3v) is 3.84. The number of pyridine rings is 1. The summed E-state index contributed by atoms with van der Waals surface area (Å²) in [4.78, 5) is 23.5. The lowest BCUT2D eigenvalue weighted by molar-refractivity contribution is -0.136. The minimum atomic E-state index is -0.976. The van der Waals surface area contributed by atoms with Gasteiger partial charge in [0, 0.05) is 22.7 Å². The van der Waals surface area contributed by atoms with E-state index < -0.39 is 5.97 Å². The predicted molar refractivity (Wildman–Crippen MR) is 79.3 cm³/mol. The Morgan fingerprint density at radius 3 is 2.60 bits per heavy atom. The van der Waals surface area contributed by atoms with Crippen molar-refractivity contribution in [1.29, 1.82) is 0 Å². The van der Waals surface area contributed by atoms with Gasteiger partial charge in [-0.05, 0) is 32.4 Å². The SMILES string of the molecule is CCC(C)n1c(C)c(CC(=O)O)c(=O)c2ccccc21. The molecule has 0 saturated heterocycles. The van der Waals surface area contributed by atoms with Crippen LogP contribution in [0.3, 0.4) is 0 Å². The number of benzene rings is 1. The van der Waals surface area contributed by atoms with Crippen LogP contribution in [0.1, 0.15) is 37.6 Å². The second-order valence-electron chi connectivity index (χ2n) is 5.11. The molecule has 0 saturated carbocycles. The predicted octanol–water partition coefficient (Wildman–Crippen LogP) is 2.91. The van der Waals surface area contributed by atoms with Crippen molar-refractivity contribution < 1.29 is 9.90 Å². The highest BCUT2D eigenvalue weighted by molar-refractivity contribution is 5.82. The van der Waals surface area contributed by atoms with E-state index in [9.17, 15) is 9.59 Å². The third-order valence-electron chi connectivity index (χ3n) is 3.84. The van der Waals surface area contributed by atoms with E-state index >= 15 is 0 Å². The number of nitrogens with zero attached hydrogens (tertiary/aromatic N) is 1. The highest BCUT2D eigenvalue weighted by Gasteiger charge is 2.18. The molecule has 1 N–H and O–H groups in total. The molecule has 106 valence electrons. The molecular formula is C16H19NO3. The fourth-order valence-corrected chi connectivity index (χ4v) is 2.64. The second kappa shape index (κ2) is 5.49. The lowest BCUT2D eigenvalue weighted by Crippen LogP contribution is -2.22. The molecule has 1 unspecified atom stereocenters. The second-order valence-corrected chi connectivity index (χ2v) is 5.11. The molecule has 0 aliphatic heterocycles. The monoisotopic (exact) mass is 273 g/mol. The molecule has 2 rings (SSSR count). The number of aliphatic carboxylic acids is 1. The molecule has 1 heterocycles. The van der Waals surface area contributed by atoms with Gasteiger partial charge in [-0.2, -0.15) is 0 Å². The summed E-state index contributed by atoms with van der Waals surface area (Å²) >= 11 is 0. The smallest absolute Gasteiger partial charge is 0.308 e. The molecule has 1 atom stereocenters. The molecule has 0 aliphatic carbocycles. The molecule has 20 heavy (non-hydrogen) atoms. The van der Waals surface area contributed by atoms with E-state index in [1.165, 1.54) is 0 Å². The molecule has 4 heteroatoms. The van der Waals surface area contributed by atoms with Crippen LogP contribution in [-0.2, 0) is 11.2 Å². The lowest BCUT2D eigenvalue weighted by atomic mass is 10.0. The standard InChI is InChI=1S/C16H19NO3/c1-4-10(2)17-11(3)13(9-15(18)19)16(20)12-7-5-6-8-14(12)17/h5-8,10H,4,9H2,1-3H3,(H,18,19). The summed E-state index contributed by atoms with van der Waals surface area (Å²) in [7, 11) is 0. The van der Waals surface area contributed by atoms with E-state index in [1.807, 2.05) is 25.1 Å². The first kappa shape index (κ1) is 14.3. The van der Waals surface area contributed by atoms with Crippen molar-refractivity contribution >= 4 is 16.9 Å². The number of fused-ring (bicyclic) bond motifs is 1. The molecule has 0 fully saturated rings. The molecule has 1 aromatic heterocycles. The van der Waals surface area contributed by atoms with Gasteiger partial charge < -0.3 is 9.67 Å². The molecule has 0 amide bonds. The van der Waals surface area contributed by atoms with Gasteiger partial charge in [-0.25, -0.2) is 0 Å². The fraction of sp³-hybridized carbons (Fsp3) is 0.375. The molecule has 0 radical (unpaired) electrons. The molecule has 4 nitrogen and oxygen atoms in total. The first-order valence-electron chi connectivity index (χ1n) is 6.81. The summed E-state index contributed by atoms with van der Waals surface area (Å²) in [6.45, 7) is 5.99. The maximum atomic E-state index is 12.5. The van der Waals surface area contributed by atoms with Gasteiger partial charge in [-0.3, -0.25) is 9.59 Å². The Hall–Kier alpha value is -2.10. The summed E-state index contributed by atoms with van der Waals surface area (Å²) in [5.41, 5.74) is 1.85. The average molecular weight is 273 g/mol. The summed E-state index contributed by atoms with van der Waals surface area (Å²) in [6, 6.07) is 7.61. The Kier molecular flexibility index (Phi) is 3.93. The summed E-state index contributed by atoms with van der Waals surface area (Å²) in [5, 5.41) is 9.62. The third kappa shape index (κ3) is 2.33. The van der Waals surface area contributed by atoms with Crippen molar-refractivity contribution in [1.82, 2.24) is 4.57 Å². The number of hydrogen-bond donors (Lipinski definition) is 1. The Morgan fingerprint density at radius 2 is 2.00 bits per heavy atom. The van der Waals surface area contributed by atoms with Gasteiger partial charge in [0.05, 0.1) is 11.9 Å². The number of carboxylic acid groups (broad SMARTS) is 1. The molecular weight excluding hydrogens is 254 g/mol. The van der Waals surface area contributed by atoms with Crippen LogP contribution in [-0.4, -0.2) is 15.6 Å².